The van der Waals surface area contributed by atoms with Gasteiger partial charge in [-0.05, 0) is 35.7 Å². The van der Waals surface area contributed by atoms with Crippen molar-refractivity contribution in [2.24, 2.45) is 0 Å². The summed E-state index contributed by atoms with van der Waals surface area (Å²) in [6, 6.07) is 9.65. The molecule has 0 atom stereocenters. The molecule has 1 aromatic carbocycles. The second-order valence-corrected chi connectivity index (χ2v) is 9.79. The third-order valence-electron chi connectivity index (χ3n) is 4.23. The van der Waals surface area contributed by atoms with Crippen molar-refractivity contribution >= 4 is 37.8 Å². The van der Waals surface area contributed by atoms with Gasteiger partial charge in [-0.2, -0.15) is 4.31 Å². The Balaban J connectivity index is 1.45. The molecule has 5 nitrogen and oxygen atoms in total. The Kier molecular flexibility index (Phi) is 4.78. The number of thiophene rings is 1. The summed E-state index contributed by atoms with van der Waals surface area (Å²) in [7, 11) is -3.39. The Labute approximate surface area is 159 Å². The molecule has 0 aliphatic carbocycles. The third kappa shape index (κ3) is 3.39. The number of anilines is 1. The van der Waals surface area contributed by atoms with E-state index in [0.29, 0.717) is 30.4 Å². The lowest BCUT2D eigenvalue weighted by atomic mass is 10.2. The molecule has 0 saturated carbocycles. The summed E-state index contributed by atoms with van der Waals surface area (Å²) < 4.78 is 40.1. The van der Waals surface area contributed by atoms with Crippen molar-refractivity contribution in [1.82, 2.24) is 9.29 Å². The number of benzene rings is 1. The van der Waals surface area contributed by atoms with E-state index in [1.54, 1.807) is 29.6 Å². The van der Waals surface area contributed by atoms with Gasteiger partial charge >= 0.3 is 0 Å². The molecule has 1 aliphatic heterocycles. The van der Waals surface area contributed by atoms with Gasteiger partial charge in [0.05, 0.1) is 5.69 Å². The van der Waals surface area contributed by atoms with Crippen LogP contribution in [0, 0.1) is 5.82 Å². The fourth-order valence-electron chi connectivity index (χ4n) is 2.82. The number of hydrogen-bond acceptors (Lipinski definition) is 6. The lowest BCUT2D eigenvalue weighted by Crippen LogP contribution is -2.48. The maximum atomic E-state index is 13.1. The molecule has 9 heteroatoms. The number of hydrogen-bond donors (Lipinski definition) is 0. The van der Waals surface area contributed by atoms with Gasteiger partial charge in [0.25, 0.3) is 10.0 Å². The fraction of sp³-hybridized carbons (Fsp3) is 0.235. The molecule has 136 valence electrons. The number of thiazole rings is 1. The van der Waals surface area contributed by atoms with Crippen molar-refractivity contribution in [3.63, 3.8) is 0 Å². The van der Waals surface area contributed by atoms with Gasteiger partial charge < -0.3 is 4.90 Å². The molecule has 1 saturated heterocycles. The van der Waals surface area contributed by atoms with Crippen molar-refractivity contribution < 1.29 is 12.8 Å². The molecular formula is C17H16FN3O2S3. The maximum absolute atomic E-state index is 13.1. The minimum atomic E-state index is -3.39. The SMILES string of the molecule is O=S(=O)(c1cccs1)N1CCN(c2nc(-c3ccc(F)cc3)cs2)CC1. The van der Waals surface area contributed by atoms with Crippen molar-refractivity contribution in [3.8, 4) is 11.3 Å². The highest BCUT2D eigenvalue weighted by molar-refractivity contribution is 7.91. The average molecular weight is 410 g/mol. The highest BCUT2D eigenvalue weighted by atomic mass is 32.2. The van der Waals surface area contributed by atoms with Crippen LogP contribution in [0.15, 0.2) is 51.4 Å². The zero-order valence-electron chi connectivity index (χ0n) is 13.7. The van der Waals surface area contributed by atoms with Crippen molar-refractivity contribution in [3.05, 3.63) is 53.0 Å². The van der Waals surface area contributed by atoms with Crippen molar-refractivity contribution in [1.29, 1.82) is 0 Å². The highest BCUT2D eigenvalue weighted by Gasteiger charge is 2.30. The number of piperazine rings is 1. The summed E-state index contributed by atoms with van der Waals surface area (Å²) in [6.07, 6.45) is 0. The quantitative estimate of drug-likeness (QED) is 0.662. The van der Waals surface area contributed by atoms with Crippen LogP contribution in [0.25, 0.3) is 11.3 Å². The lowest BCUT2D eigenvalue weighted by Gasteiger charge is -2.33. The van der Waals surface area contributed by atoms with Crippen LogP contribution in [0.5, 0.6) is 0 Å². The van der Waals surface area contributed by atoms with Crippen LogP contribution in [0.4, 0.5) is 9.52 Å². The van der Waals surface area contributed by atoms with Gasteiger partial charge in [-0.15, -0.1) is 22.7 Å². The molecule has 0 N–H and O–H groups in total. The van der Waals surface area contributed by atoms with Crippen LogP contribution >= 0.6 is 22.7 Å². The Morgan fingerprint density at radius 1 is 1.00 bits per heavy atom. The minimum Gasteiger partial charge on any atom is -0.345 e. The zero-order valence-corrected chi connectivity index (χ0v) is 16.2. The summed E-state index contributed by atoms with van der Waals surface area (Å²) in [6.45, 7) is 2.07. The monoisotopic (exact) mass is 409 g/mol. The third-order valence-corrected chi connectivity index (χ3v) is 8.40. The first-order valence-corrected chi connectivity index (χ1v) is 11.2. The molecule has 26 heavy (non-hydrogen) atoms. The van der Waals surface area contributed by atoms with Crippen molar-refractivity contribution in [2.75, 3.05) is 31.1 Å². The normalized spacial score (nSPS) is 16.1. The smallest absolute Gasteiger partial charge is 0.252 e. The molecular weight excluding hydrogens is 393 g/mol. The first-order valence-electron chi connectivity index (χ1n) is 8.04. The summed E-state index contributed by atoms with van der Waals surface area (Å²) >= 11 is 2.76. The standard InChI is InChI=1S/C17H16FN3O2S3/c18-14-5-3-13(4-6-14)15-12-25-17(19-15)20-7-9-21(10-8-20)26(22,23)16-2-1-11-24-16/h1-6,11-12H,7-10H2. The predicted octanol–water partition coefficient (Wildman–Crippen LogP) is 3.52. The highest BCUT2D eigenvalue weighted by Crippen LogP contribution is 2.29. The molecule has 4 rings (SSSR count). The summed E-state index contributed by atoms with van der Waals surface area (Å²) in [5, 5.41) is 4.57. The molecule has 0 radical (unpaired) electrons. The first-order chi connectivity index (χ1) is 12.5. The molecule has 0 amide bonds. The number of sulfonamides is 1. The van der Waals surface area contributed by atoms with Gasteiger partial charge in [0.2, 0.25) is 0 Å². The minimum absolute atomic E-state index is 0.271. The molecule has 0 unspecified atom stereocenters. The van der Waals surface area contributed by atoms with Crippen LogP contribution in [-0.2, 0) is 10.0 Å². The second-order valence-electron chi connectivity index (χ2n) is 5.85. The van der Waals surface area contributed by atoms with Crippen LogP contribution in [0.2, 0.25) is 0 Å². The van der Waals surface area contributed by atoms with E-state index in [1.165, 1.54) is 39.1 Å². The van der Waals surface area contributed by atoms with E-state index in [2.05, 4.69) is 9.88 Å². The van der Waals surface area contributed by atoms with Gasteiger partial charge in [0.15, 0.2) is 5.13 Å². The topological polar surface area (TPSA) is 53.5 Å². The molecule has 0 spiro atoms. The Morgan fingerprint density at radius 3 is 2.38 bits per heavy atom. The largest absolute Gasteiger partial charge is 0.345 e. The Hall–Kier alpha value is -1.81. The molecule has 0 bridgehead atoms. The van der Waals surface area contributed by atoms with Gasteiger partial charge in [-0.3, -0.25) is 0 Å². The first kappa shape index (κ1) is 17.6. The van der Waals surface area contributed by atoms with E-state index in [1.807, 2.05) is 5.38 Å². The Morgan fingerprint density at radius 2 is 1.73 bits per heavy atom. The molecule has 1 fully saturated rings. The molecule has 1 aliphatic rings. The average Bonchev–Trinajstić information content (AvgIpc) is 3.35. The van der Waals surface area contributed by atoms with E-state index < -0.39 is 10.0 Å². The van der Waals surface area contributed by atoms with E-state index >= 15 is 0 Å². The van der Waals surface area contributed by atoms with E-state index in [0.717, 1.165) is 16.4 Å². The van der Waals surface area contributed by atoms with E-state index in [4.69, 9.17) is 0 Å². The molecule has 2 aromatic heterocycles. The van der Waals surface area contributed by atoms with Gasteiger partial charge in [-0.1, -0.05) is 6.07 Å². The number of rotatable bonds is 4. The van der Waals surface area contributed by atoms with E-state index in [9.17, 15) is 12.8 Å². The van der Waals surface area contributed by atoms with Crippen molar-refractivity contribution in [2.45, 2.75) is 4.21 Å². The zero-order chi connectivity index (χ0) is 18.1. The predicted molar refractivity (Wildman–Crippen MR) is 103 cm³/mol. The van der Waals surface area contributed by atoms with Gasteiger partial charge in [0.1, 0.15) is 10.0 Å². The van der Waals surface area contributed by atoms with E-state index in [-0.39, 0.29) is 5.82 Å². The number of nitrogens with zero attached hydrogens (tertiary/aromatic N) is 3. The lowest BCUT2D eigenvalue weighted by molar-refractivity contribution is 0.386. The van der Waals surface area contributed by atoms with Gasteiger partial charge in [0, 0.05) is 37.1 Å². The molecule has 3 heterocycles. The fourth-order valence-corrected chi connectivity index (χ4v) is 6.28. The van der Waals surface area contributed by atoms with Crippen LogP contribution < -0.4 is 4.90 Å². The van der Waals surface area contributed by atoms with Crippen LogP contribution in [0.1, 0.15) is 0 Å². The maximum Gasteiger partial charge on any atom is 0.252 e. The summed E-state index contributed by atoms with van der Waals surface area (Å²) in [5.41, 5.74) is 1.67. The van der Waals surface area contributed by atoms with Crippen LogP contribution in [-0.4, -0.2) is 43.9 Å². The number of halogens is 1. The van der Waals surface area contributed by atoms with Gasteiger partial charge in [-0.25, -0.2) is 17.8 Å². The summed E-state index contributed by atoms with van der Waals surface area (Å²) in [4.78, 5) is 6.72. The Bertz CT molecular complexity index is 977. The second kappa shape index (κ2) is 7.07. The summed E-state index contributed by atoms with van der Waals surface area (Å²) in [5.74, 6) is -0.271. The number of aromatic nitrogens is 1. The molecule has 3 aromatic rings. The van der Waals surface area contributed by atoms with Crippen LogP contribution in [0.3, 0.4) is 0 Å².